The number of hydrazine groups is 1. The van der Waals surface area contributed by atoms with Crippen LogP contribution in [0.5, 0.6) is 5.75 Å². The first-order chi connectivity index (χ1) is 32.4. The fourth-order valence-electron chi connectivity index (χ4n) is 10.3. The van der Waals surface area contributed by atoms with Crippen molar-refractivity contribution >= 4 is 40.5 Å². The molecule has 14 heteroatoms. The number of rotatable bonds is 11. The second-order valence-corrected chi connectivity index (χ2v) is 20.3. The molecule has 0 aliphatic carbocycles. The summed E-state index contributed by atoms with van der Waals surface area (Å²) < 4.78 is 8.49. The molecular weight excluding hydrogens is 859 g/mol. The Morgan fingerprint density at radius 3 is 2.47 bits per heavy atom. The van der Waals surface area contributed by atoms with Crippen LogP contribution in [0.1, 0.15) is 77.5 Å². The van der Waals surface area contributed by atoms with E-state index >= 15 is 0 Å². The Morgan fingerprint density at radius 2 is 1.75 bits per heavy atom. The van der Waals surface area contributed by atoms with E-state index < -0.39 is 47.2 Å². The number of aryl methyl sites for hydroxylation is 2. The minimum absolute atomic E-state index is 0.00856. The van der Waals surface area contributed by atoms with Gasteiger partial charge in [0.15, 0.2) is 0 Å². The summed E-state index contributed by atoms with van der Waals surface area (Å²) in [6.45, 7) is 14.7. The van der Waals surface area contributed by atoms with Gasteiger partial charge in [0.05, 0.1) is 18.2 Å². The van der Waals surface area contributed by atoms with Crippen molar-refractivity contribution in [2.45, 2.75) is 105 Å². The number of phenols is 1. The molecule has 364 valence electrons. The van der Waals surface area contributed by atoms with Crippen molar-refractivity contribution in [2.75, 3.05) is 53.9 Å². The highest BCUT2D eigenvalue weighted by Gasteiger charge is 2.40. The van der Waals surface area contributed by atoms with Crippen LogP contribution in [0.2, 0.25) is 0 Å². The average Bonchev–Trinajstić information content (AvgIpc) is 3.92. The Balaban J connectivity index is 1.25. The monoisotopic (exact) mass is 930 g/mol. The zero-order chi connectivity index (χ0) is 49.0. The van der Waals surface area contributed by atoms with Crippen molar-refractivity contribution in [1.82, 2.24) is 35.0 Å². The molecule has 0 radical (unpaired) electrons. The molecule has 4 amide bonds. The highest BCUT2D eigenvalue weighted by atomic mass is 16.5. The summed E-state index contributed by atoms with van der Waals surface area (Å²) in [6.07, 6.45) is 6.27. The topological polar surface area (TPSA) is 157 Å². The van der Waals surface area contributed by atoms with Crippen LogP contribution in [-0.2, 0) is 54.5 Å². The number of fused-ring (bicyclic) bond motifs is 6. The summed E-state index contributed by atoms with van der Waals surface area (Å²) in [5.41, 5.74) is 10.6. The van der Waals surface area contributed by atoms with Crippen molar-refractivity contribution in [1.29, 1.82) is 0 Å². The maximum absolute atomic E-state index is 14.8. The largest absolute Gasteiger partial charge is 0.508 e. The molecule has 4 aromatic rings. The lowest BCUT2D eigenvalue weighted by Gasteiger charge is -2.37. The minimum atomic E-state index is -1.15. The van der Waals surface area contributed by atoms with Gasteiger partial charge >= 0.3 is 5.97 Å². The number of hydrogen-bond acceptors (Lipinski definition) is 9. The Morgan fingerprint density at radius 1 is 0.985 bits per heavy atom. The number of cyclic esters (lactones) is 1. The second kappa shape index (κ2) is 21.1. The first-order valence-corrected chi connectivity index (χ1v) is 24.4. The van der Waals surface area contributed by atoms with Gasteiger partial charge in [-0.3, -0.25) is 29.0 Å². The van der Waals surface area contributed by atoms with Gasteiger partial charge in [-0.25, -0.2) is 5.43 Å². The summed E-state index contributed by atoms with van der Waals surface area (Å²) in [6, 6.07) is 17.3. The van der Waals surface area contributed by atoms with Crippen LogP contribution in [0.3, 0.4) is 0 Å². The number of ether oxygens (including phenoxy) is 1. The Bertz CT molecular complexity index is 2560. The van der Waals surface area contributed by atoms with Gasteiger partial charge in [0.1, 0.15) is 23.9 Å². The highest BCUT2D eigenvalue weighted by Crippen LogP contribution is 2.41. The lowest BCUT2D eigenvalue weighted by molar-refractivity contribution is -0.155. The van der Waals surface area contributed by atoms with Gasteiger partial charge in [0.2, 0.25) is 17.7 Å². The summed E-state index contributed by atoms with van der Waals surface area (Å²) in [7, 11) is 5.44. The number of phenolic OH excluding ortho intramolecular Hbond substituents is 1. The third-order valence-electron chi connectivity index (χ3n) is 13.7. The van der Waals surface area contributed by atoms with Crippen LogP contribution in [-0.4, -0.2) is 131 Å². The average molecular weight is 930 g/mol. The zero-order valence-electron chi connectivity index (χ0n) is 41.4. The van der Waals surface area contributed by atoms with Gasteiger partial charge in [-0.1, -0.05) is 77.1 Å². The molecule has 0 spiro atoms. The van der Waals surface area contributed by atoms with Crippen LogP contribution in [0.25, 0.3) is 33.3 Å². The molecule has 0 unspecified atom stereocenters. The molecule has 4 atom stereocenters. The smallest absolute Gasteiger partial charge is 0.324 e. The molecule has 14 nitrogen and oxygen atoms in total. The van der Waals surface area contributed by atoms with E-state index in [1.54, 1.807) is 30.2 Å². The number of likely N-dealkylation sites (N-methyl/N-ethyl adjacent to an activating group) is 2. The molecule has 1 aromatic heterocycles. The second-order valence-electron chi connectivity index (χ2n) is 20.3. The van der Waals surface area contributed by atoms with Crippen LogP contribution < -0.4 is 10.7 Å². The molecule has 2 saturated heterocycles. The van der Waals surface area contributed by atoms with Crippen molar-refractivity contribution in [3.63, 3.8) is 0 Å². The SMILES string of the molecule is CCc1ccccc1-c1c2c3cc(ccc3n1CC)-c1cc(O)cc(c1)C[C@H](NC(=O)[C@H](C(C)C)N(C)C(=O)[C@H]1CCN(C(=O)/C=C/CN(C)C)C1)C(=O)N1CCC[C@H](N1)C(=O)OCC(C)(C)C2. The number of hydrogen-bond donors (Lipinski definition) is 3. The molecule has 4 heterocycles. The molecule has 68 heavy (non-hydrogen) atoms. The number of benzene rings is 3. The van der Waals surface area contributed by atoms with Crippen molar-refractivity contribution in [3.8, 4) is 28.1 Å². The fraction of sp³-hybridized carbons (Fsp3) is 0.500. The van der Waals surface area contributed by atoms with Crippen LogP contribution in [0.15, 0.2) is 72.8 Å². The number of aromatic hydroxyl groups is 1. The first kappa shape index (κ1) is 49.9. The number of carbonyl (C=O) groups is 5. The summed E-state index contributed by atoms with van der Waals surface area (Å²) in [4.78, 5) is 75.4. The number of nitrogens with one attached hydrogen (secondary N) is 2. The number of carbonyl (C=O) groups excluding carboxylic acids is 5. The number of amides is 4. The summed E-state index contributed by atoms with van der Waals surface area (Å²) in [5, 5.41) is 16.8. The molecular formula is C54H71N7O7. The zero-order valence-corrected chi connectivity index (χ0v) is 41.4. The Labute approximate surface area is 401 Å². The quantitative estimate of drug-likeness (QED) is 0.115. The van der Waals surface area contributed by atoms with Gasteiger partial charge in [-0.15, -0.1) is 0 Å². The van der Waals surface area contributed by atoms with Gasteiger partial charge in [-0.2, -0.15) is 0 Å². The van der Waals surface area contributed by atoms with E-state index in [0.29, 0.717) is 44.3 Å². The third-order valence-corrected chi connectivity index (χ3v) is 13.7. The normalized spacial score (nSPS) is 20.5. The van der Waals surface area contributed by atoms with Gasteiger partial charge in [0, 0.05) is 74.1 Å². The molecule has 2 fully saturated rings. The minimum Gasteiger partial charge on any atom is -0.508 e. The van der Waals surface area contributed by atoms with E-state index in [1.807, 2.05) is 38.9 Å². The Hall–Kier alpha value is -5.99. The van der Waals surface area contributed by atoms with Crippen molar-refractivity contribution in [3.05, 3.63) is 89.5 Å². The fourth-order valence-corrected chi connectivity index (χ4v) is 10.3. The van der Waals surface area contributed by atoms with E-state index in [0.717, 1.165) is 46.3 Å². The predicted octanol–water partition coefficient (Wildman–Crippen LogP) is 6.36. The van der Waals surface area contributed by atoms with Crippen LogP contribution in [0.4, 0.5) is 0 Å². The Kier molecular flexibility index (Phi) is 15.5. The van der Waals surface area contributed by atoms with E-state index in [1.165, 1.54) is 27.1 Å². The van der Waals surface area contributed by atoms with Crippen molar-refractivity contribution < 1.29 is 33.8 Å². The molecule has 7 rings (SSSR count). The lowest BCUT2D eigenvalue weighted by atomic mass is 9.83. The van der Waals surface area contributed by atoms with Gasteiger partial charge in [-0.05, 0) is 111 Å². The highest BCUT2D eigenvalue weighted by molar-refractivity contribution is 5.96. The van der Waals surface area contributed by atoms with E-state index in [2.05, 4.69) is 85.5 Å². The lowest BCUT2D eigenvalue weighted by Crippen LogP contribution is -2.62. The summed E-state index contributed by atoms with van der Waals surface area (Å²) >= 11 is 0. The van der Waals surface area contributed by atoms with Gasteiger partial charge in [0.25, 0.3) is 5.91 Å². The predicted molar refractivity (Wildman–Crippen MR) is 265 cm³/mol. The van der Waals surface area contributed by atoms with Gasteiger partial charge < -0.3 is 34.4 Å². The maximum Gasteiger partial charge on any atom is 0.324 e. The number of esters is 1. The number of aromatic nitrogens is 1. The standard InChI is InChI=1S/C54H71N7O7/c1-10-36-16-12-13-17-41(36)49-43-31-54(5,6)33-68-53(67)44-18-14-24-61(56-44)52(66)45(28-35-26-39(29-40(62)27-35)37-20-21-46(42(43)30-37)60(49)11-2)55-50(64)48(34(3)4)58(9)51(65)38-22-25-59(32-38)47(63)19-15-23-57(7)8/h12-13,15-17,19-21,26-27,29-30,34,38,44-45,48,56,62H,10-11,14,18,22-25,28,31-33H2,1-9H3,(H,55,64)/b19-15+/t38-,44-,45-,48-/m0/s1. The number of nitrogens with zero attached hydrogens (tertiary/aromatic N) is 5. The molecule has 3 aliphatic heterocycles. The van der Waals surface area contributed by atoms with E-state index in [-0.39, 0.29) is 49.6 Å². The van der Waals surface area contributed by atoms with E-state index in [9.17, 15) is 29.1 Å². The molecule has 6 bridgehead atoms. The molecule has 3 N–H and O–H groups in total. The number of likely N-dealkylation sites (tertiary alicyclic amines) is 1. The molecule has 3 aliphatic rings. The van der Waals surface area contributed by atoms with E-state index in [4.69, 9.17) is 4.74 Å². The van der Waals surface area contributed by atoms with Crippen LogP contribution >= 0.6 is 0 Å². The first-order valence-electron chi connectivity index (χ1n) is 24.4. The third kappa shape index (κ3) is 11.0. The molecule has 3 aromatic carbocycles. The summed E-state index contributed by atoms with van der Waals surface area (Å²) in [5.74, 6) is -2.65. The van der Waals surface area contributed by atoms with Crippen molar-refractivity contribution in [2.24, 2.45) is 17.3 Å². The molecule has 0 saturated carbocycles. The van der Waals surface area contributed by atoms with Crippen LogP contribution in [0, 0.1) is 17.3 Å². The maximum atomic E-state index is 14.8.